The van der Waals surface area contributed by atoms with Crippen LogP contribution in [-0.2, 0) is 6.42 Å². The molecule has 3 nitrogen and oxygen atoms in total. The van der Waals surface area contributed by atoms with Crippen molar-refractivity contribution >= 4 is 23.0 Å². The average Bonchev–Trinajstić information content (AvgIpc) is 2.87. The molecule has 2 aromatic rings. The number of hydrogen-bond donors (Lipinski definition) is 1. The molecule has 0 saturated heterocycles. The van der Waals surface area contributed by atoms with E-state index in [-0.39, 0.29) is 0 Å². The lowest BCUT2D eigenvalue weighted by molar-refractivity contribution is 0.0696. The van der Waals surface area contributed by atoms with E-state index in [4.69, 9.17) is 5.11 Å². The van der Waals surface area contributed by atoms with E-state index in [2.05, 4.69) is 23.3 Å². The summed E-state index contributed by atoms with van der Waals surface area (Å²) in [4.78, 5) is 14.9. The number of fused-ring (bicyclic) bond motifs is 1. The highest BCUT2D eigenvalue weighted by Crippen LogP contribution is 2.36. The molecule has 3 rings (SSSR count). The Bertz CT molecular complexity index is 662. The van der Waals surface area contributed by atoms with Crippen LogP contribution >= 0.6 is 11.3 Å². The van der Waals surface area contributed by atoms with Crippen molar-refractivity contribution in [2.75, 3.05) is 11.4 Å². The number of rotatable bonds is 2. The number of carboxylic acids is 1. The number of carbonyl (C=O) groups is 1. The van der Waals surface area contributed by atoms with Crippen molar-refractivity contribution in [1.82, 2.24) is 0 Å². The maximum Gasteiger partial charge on any atom is 0.335 e. The summed E-state index contributed by atoms with van der Waals surface area (Å²) in [6.45, 7) is 5.06. The largest absolute Gasteiger partial charge is 0.478 e. The molecule has 104 valence electrons. The number of hydrogen-bond acceptors (Lipinski definition) is 3. The predicted molar refractivity (Wildman–Crippen MR) is 81.9 cm³/mol. The fourth-order valence-corrected chi connectivity index (χ4v) is 3.89. The number of benzene rings is 1. The Labute approximate surface area is 122 Å². The van der Waals surface area contributed by atoms with Crippen LogP contribution in [0.15, 0.2) is 29.6 Å². The Hall–Kier alpha value is -1.81. The number of aryl methyl sites for hydroxylation is 1. The average molecular weight is 287 g/mol. The lowest BCUT2D eigenvalue weighted by Gasteiger charge is -2.35. The molecule has 1 unspecified atom stereocenters. The minimum atomic E-state index is -0.860. The van der Waals surface area contributed by atoms with Crippen molar-refractivity contribution in [3.63, 3.8) is 0 Å². The summed E-state index contributed by atoms with van der Waals surface area (Å²) in [6, 6.07) is 8.17. The zero-order chi connectivity index (χ0) is 14.3. The second kappa shape index (κ2) is 4.94. The Morgan fingerprint density at radius 2 is 2.20 bits per heavy atom. The summed E-state index contributed by atoms with van der Waals surface area (Å²) in [6.07, 6.45) is 1.07. The summed E-state index contributed by atoms with van der Waals surface area (Å²) in [7, 11) is 0. The van der Waals surface area contributed by atoms with Crippen molar-refractivity contribution in [1.29, 1.82) is 0 Å². The first-order chi connectivity index (χ1) is 9.58. The second-order valence-corrected chi connectivity index (χ2v) is 6.22. The van der Waals surface area contributed by atoms with Gasteiger partial charge in [-0.3, -0.25) is 0 Å². The van der Waals surface area contributed by atoms with Gasteiger partial charge in [0.05, 0.1) is 11.6 Å². The monoisotopic (exact) mass is 287 g/mol. The minimum absolute atomic E-state index is 0.347. The van der Waals surface area contributed by atoms with Gasteiger partial charge in [-0.1, -0.05) is 0 Å². The van der Waals surface area contributed by atoms with Gasteiger partial charge in [0.2, 0.25) is 0 Å². The Kier molecular flexibility index (Phi) is 3.26. The molecule has 1 aliphatic heterocycles. The van der Waals surface area contributed by atoms with Crippen molar-refractivity contribution < 1.29 is 9.90 Å². The van der Waals surface area contributed by atoms with Crippen molar-refractivity contribution in [2.45, 2.75) is 26.3 Å². The normalized spacial score (nSPS) is 17.9. The van der Waals surface area contributed by atoms with E-state index in [1.54, 1.807) is 6.07 Å². The van der Waals surface area contributed by atoms with Crippen molar-refractivity contribution in [2.24, 2.45) is 0 Å². The lowest BCUT2D eigenvalue weighted by atomic mass is 9.99. The first-order valence-electron chi connectivity index (χ1n) is 6.75. The number of carboxylic acid groups (broad SMARTS) is 1. The van der Waals surface area contributed by atoms with Crippen LogP contribution in [0.25, 0.3) is 0 Å². The van der Waals surface area contributed by atoms with Crippen LogP contribution < -0.4 is 4.90 Å². The zero-order valence-corrected chi connectivity index (χ0v) is 12.4. The summed E-state index contributed by atoms with van der Waals surface area (Å²) in [5.74, 6) is -0.860. The third kappa shape index (κ3) is 2.10. The summed E-state index contributed by atoms with van der Waals surface area (Å²) < 4.78 is 0. The Morgan fingerprint density at radius 3 is 2.90 bits per heavy atom. The van der Waals surface area contributed by atoms with E-state index in [9.17, 15) is 4.79 Å². The summed E-state index contributed by atoms with van der Waals surface area (Å²) in [5.41, 5.74) is 3.71. The summed E-state index contributed by atoms with van der Waals surface area (Å²) >= 11 is 1.83. The number of anilines is 1. The van der Waals surface area contributed by atoms with Gasteiger partial charge in [-0.05, 0) is 61.0 Å². The van der Waals surface area contributed by atoms with E-state index in [1.165, 1.54) is 10.4 Å². The molecule has 1 N–H and O–H groups in total. The molecular formula is C16H17NO2S. The first-order valence-corrected chi connectivity index (χ1v) is 7.62. The highest BCUT2D eigenvalue weighted by Gasteiger charge is 2.25. The quantitative estimate of drug-likeness (QED) is 0.911. The molecule has 1 aliphatic rings. The van der Waals surface area contributed by atoms with E-state index in [0.717, 1.165) is 24.2 Å². The molecule has 0 amide bonds. The standard InChI is InChI=1S/C16H17NO2S/c1-10-9-12(3-4-13(10)16(18)19)17-7-5-15-14(11(17)2)6-8-20-15/h3-4,6,8-9,11H,5,7H2,1-2H3,(H,18,19). The van der Waals surface area contributed by atoms with Crippen LogP contribution in [-0.4, -0.2) is 17.6 Å². The lowest BCUT2D eigenvalue weighted by Crippen LogP contribution is -2.33. The third-order valence-electron chi connectivity index (χ3n) is 4.05. The molecule has 0 saturated carbocycles. The van der Waals surface area contributed by atoms with Gasteiger partial charge >= 0.3 is 5.97 Å². The molecule has 4 heteroatoms. The minimum Gasteiger partial charge on any atom is -0.478 e. The number of thiophene rings is 1. The Balaban J connectivity index is 1.95. The van der Waals surface area contributed by atoms with Gasteiger partial charge < -0.3 is 10.0 Å². The smallest absolute Gasteiger partial charge is 0.335 e. The molecule has 0 bridgehead atoms. The van der Waals surface area contributed by atoms with Crippen LogP contribution in [0.2, 0.25) is 0 Å². The molecule has 0 fully saturated rings. The van der Waals surface area contributed by atoms with Crippen LogP contribution in [0.3, 0.4) is 0 Å². The van der Waals surface area contributed by atoms with Gasteiger partial charge in [0, 0.05) is 17.1 Å². The first kappa shape index (κ1) is 13.2. The van der Waals surface area contributed by atoms with Crippen molar-refractivity contribution in [3.05, 3.63) is 51.2 Å². The van der Waals surface area contributed by atoms with Crippen LogP contribution in [0.1, 0.15) is 39.3 Å². The topological polar surface area (TPSA) is 40.5 Å². The van der Waals surface area contributed by atoms with E-state index in [1.807, 2.05) is 30.4 Å². The maximum absolute atomic E-state index is 11.1. The molecule has 2 heterocycles. The maximum atomic E-state index is 11.1. The van der Waals surface area contributed by atoms with E-state index >= 15 is 0 Å². The van der Waals surface area contributed by atoms with E-state index < -0.39 is 5.97 Å². The third-order valence-corrected chi connectivity index (χ3v) is 5.05. The fraction of sp³-hybridized carbons (Fsp3) is 0.312. The van der Waals surface area contributed by atoms with Crippen LogP contribution in [0.5, 0.6) is 0 Å². The van der Waals surface area contributed by atoms with Crippen molar-refractivity contribution in [3.8, 4) is 0 Å². The van der Waals surface area contributed by atoms with Gasteiger partial charge in [-0.15, -0.1) is 11.3 Å². The molecule has 0 spiro atoms. The van der Waals surface area contributed by atoms with Gasteiger partial charge in [-0.25, -0.2) is 4.79 Å². The molecule has 0 radical (unpaired) electrons. The predicted octanol–water partition coefficient (Wildman–Crippen LogP) is 3.88. The summed E-state index contributed by atoms with van der Waals surface area (Å²) in [5, 5.41) is 11.3. The highest BCUT2D eigenvalue weighted by molar-refractivity contribution is 7.10. The van der Waals surface area contributed by atoms with Gasteiger partial charge in [0.25, 0.3) is 0 Å². The van der Waals surface area contributed by atoms with Crippen LogP contribution in [0, 0.1) is 6.92 Å². The molecule has 20 heavy (non-hydrogen) atoms. The molecule has 1 aromatic carbocycles. The Morgan fingerprint density at radius 1 is 1.40 bits per heavy atom. The second-order valence-electron chi connectivity index (χ2n) is 5.22. The van der Waals surface area contributed by atoms with Gasteiger partial charge in [0.1, 0.15) is 0 Å². The van der Waals surface area contributed by atoms with Gasteiger partial charge in [0.15, 0.2) is 0 Å². The molecular weight excluding hydrogens is 270 g/mol. The molecule has 1 aromatic heterocycles. The number of aromatic carboxylic acids is 1. The zero-order valence-electron chi connectivity index (χ0n) is 11.6. The van der Waals surface area contributed by atoms with Gasteiger partial charge in [-0.2, -0.15) is 0 Å². The fourth-order valence-electron chi connectivity index (χ4n) is 2.93. The number of nitrogens with zero attached hydrogens (tertiary/aromatic N) is 1. The van der Waals surface area contributed by atoms with Crippen LogP contribution in [0.4, 0.5) is 5.69 Å². The molecule has 0 aliphatic carbocycles. The van der Waals surface area contributed by atoms with E-state index in [0.29, 0.717) is 11.6 Å². The molecule has 1 atom stereocenters. The SMILES string of the molecule is Cc1cc(N2CCc3sccc3C2C)ccc1C(=O)O. The highest BCUT2D eigenvalue weighted by atomic mass is 32.1.